The van der Waals surface area contributed by atoms with Gasteiger partial charge in [-0.2, -0.15) is 0 Å². The van der Waals surface area contributed by atoms with Crippen LogP contribution >= 0.6 is 0 Å². The Hall–Kier alpha value is 19.3. The molecule has 2 heterocycles. The third kappa shape index (κ3) is 102. The molecular weight excluding hydrogens is 3640 g/mol. The Morgan fingerprint density at radius 2 is 0.422 bits per heavy atom. The number of piperazine rings is 1. The maximum atomic E-state index is 13.6. The number of piperidine rings is 1. The highest BCUT2D eigenvalue weighted by Crippen LogP contribution is 2.36. The third-order valence-corrected chi connectivity index (χ3v) is 226. The zero-order valence-electron chi connectivity index (χ0n) is 62.6. The molecule has 0 aliphatic carbocycles. The Labute approximate surface area is 1070 Å². The number of rotatable bonds is 5. The van der Waals surface area contributed by atoms with Gasteiger partial charge in [0.1, 0.15) is 0 Å². The quantitative estimate of drug-likeness (QED) is 0.434. The Kier molecular flexibility index (Phi) is 133. The second-order valence-electron chi connectivity index (χ2n) is 18.0. The van der Waals surface area contributed by atoms with E-state index < -0.39 is 0 Å². The van der Waals surface area contributed by atoms with Crippen LogP contribution in [0.1, 0.15) is 64.1 Å². The fraction of sp³-hybridized carbons (Fsp3) is 0.533. The van der Waals surface area contributed by atoms with E-state index in [2.05, 4.69) is 91.2 Å². The molecule has 2 amide bonds. The Balaban J connectivity index is 0.00000110. The molecule has 5 nitrogen and oxygen atoms in total. The molecule has 2 aliphatic heterocycles. The first-order valence-electron chi connectivity index (χ1n) is 29.6. The molecule has 0 bridgehead atoms. The van der Waals surface area contributed by atoms with Crippen LogP contribution in [0.25, 0.3) is 0 Å². The van der Waals surface area contributed by atoms with Crippen LogP contribution in [0.2, 0.25) is 0 Å². The maximum absolute atomic E-state index is 13.6. The van der Waals surface area contributed by atoms with Gasteiger partial charge in [0.25, 0.3) is 0 Å². The first-order chi connectivity index (χ1) is 66.7. The molecular formula is C30H41N3O2S100. The lowest BCUT2D eigenvalue weighted by Gasteiger charge is -2.50. The van der Waals surface area contributed by atoms with E-state index >= 15 is 0 Å². The van der Waals surface area contributed by atoms with Crippen LogP contribution in [0.15, 0.2) is 60.7 Å². The van der Waals surface area contributed by atoms with Gasteiger partial charge < -0.3 is 9.80 Å². The number of amides is 2. The van der Waals surface area contributed by atoms with Crippen LogP contribution in [0.4, 0.5) is 0 Å². The summed E-state index contributed by atoms with van der Waals surface area (Å²) in [5.74, 6) is 0.796. The van der Waals surface area contributed by atoms with Crippen molar-refractivity contribution < 1.29 is 9.59 Å². The summed E-state index contributed by atoms with van der Waals surface area (Å²) in [6.07, 6.45) is 2.45. The van der Waals surface area contributed by atoms with Crippen molar-refractivity contribution in [1.82, 2.24) is 14.7 Å². The third-order valence-electron chi connectivity index (χ3n) is 10.5. The Bertz CT molecular complexity index is 9230. The molecule has 1 atom stereocenters. The molecule has 2 aromatic carbocycles. The molecule has 2 saturated heterocycles. The highest BCUT2D eigenvalue weighted by Gasteiger charge is 2.41. The number of nitrogens with zero attached hydrogens (tertiary/aromatic N) is 3. The van der Waals surface area contributed by atoms with Crippen molar-refractivity contribution in [2.24, 2.45) is 11.3 Å². The number of hydrogen-bond acceptors (Lipinski definition) is 5. The summed E-state index contributed by atoms with van der Waals surface area (Å²) in [6, 6.07) is 21.8. The van der Waals surface area contributed by atoms with Gasteiger partial charge >= 0.3 is 0 Å². The SMILES string of the molecule is CC(=O)N1CCC(CC(=O)N2CCN(C(c3ccccc3)c3ccccc3)C[C@@H]2C(C)(C)C)CC1.S=S=S=S=S=S=S=S=S=S=S=S=S=S=S=S=S=S=S=S=S=S=S=S=S=S=S=S=S=S=S=S=S=S=S=S=S=S=S=S=S=S=S=S=S=S=S=S=S=S=S=S=S=S=S=S=S=S=S=S=S=S=S=S=S=S=S=S=S=S=S=S=S=S=S=S=S=S=S=S=S=S=S=S=S=S=S=S=S=S=S=S=S=S=S=S=S=S=S=S. The maximum Gasteiger partial charge on any atom is 0.223 e. The average Bonchev–Trinajstić information content (AvgIpc) is 0.779. The normalized spacial score (nSPS) is 11.1. The second-order valence-corrected chi connectivity index (χ2v) is 191. The largest absolute Gasteiger partial charge is 0.343 e. The van der Waals surface area contributed by atoms with E-state index in [0.717, 1.165) is 45.6 Å². The number of benzene rings is 2. The number of carbonyl (C=O) groups excluding carboxylic acids is 2. The first-order valence-corrected chi connectivity index (χ1v) is 162. The predicted molar refractivity (Wildman–Crippen MR) is 877 cm³/mol. The van der Waals surface area contributed by atoms with Gasteiger partial charge in [0.15, 0.2) is 0 Å². The van der Waals surface area contributed by atoms with Crippen molar-refractivity contribution in [1.29, 1.82) is 0 Å². The van der Waals surface area contributed by atoms with E-state index in [1.54, 1.807) is 113 Å². The lowest BCUT2D eigenvalue weighted by molar-refractivity contribution is -0.141. The van der Waals surface area contributed by atoms with Crippen molar-refractivity contribution in [3.63, 3.8) is 0 Å². The number of carbonyl (C=O) groups is 2. The molecule has 2 aromatic rings. The van der Waals surface area contributed by atoms with Crippen molar-refractivity contribution >= 4 is 904 Å². The van der Waals surface area contributed by atoms with Crippen molar-refractivity contribution in [2.75, 3.05) is 32.7 Å². The Morgan fingerprint density at radius 3 is 0.570 bits per heavy atom. The second kappa shape index (κ2) is 121. The van der Waals surface area contributed by atoms with E-state index in [0.29, 0.717) is 12.3 Å². The van der Waals surface area contributed by atoms with Gasteiger partial charge in [-0.3, -0.25) is 14.5 Å². The predicted octanol–water partition coefficient (Wildman–Crippen LogP) is 4.74. The minimum Gasteiger partial charge on any atom is -0.343 e. The smallest absolute Gasteiger partial charge is 0.223 e. The number of hydrogen-bond donors (Lipinski definition) is 0. The fourth-order valence-electron chi connectivity index (χ4n) is 6.87. The summed E-state index contributed by atoms with van der Waals surface area (Å²) < 4.78 is 0. The molecule has 2 aliphatic rings. The lowest BCUT2D eigenvalue weighted by atomic mass is 9.82. The van der Waals surface area contributed by atoms with Crippen molar-refractivity contribution in [2.45, 2.75) is 59.0 Å². The highest BCUT2D eigenvalue weighted by atomic mass is 33.6. The summed E-state index contributed by atoms with van der Waals surface area (Å²) in [5, 5.41) is 0. The molecule has 0 spiro atoms. The average molecular weight is 3680 g/mol. The summed E-state index contributed by atoms with van der Waals surface area (Å²) in [7, 11) is 177. The molecule has 135 heavy (non-hydrogen) atoms. The summed E-state index contributed by atoms with van der Waals surface area (Å²) in [6.45, 7) is 12.4. The highest BCUT2D eigenvalue weighted by molar-refractivity contribution is 8.87. The van der Waals surface area contributed by atoms with E-state index in [1.807, 2.05) is 751 Å². The Morgan fingerprint density at radius 1 is 0.259 bits per heavy atom. The molecule has 105 heteroatoms. The molecule has 0 saturated carbocycles. The van der Waals surface area contributed by atoms with Crippen LogP contribution in [-0.2, 0) is 902 Å². The fourth-order valence-corrected chi connectivity index (χ4v) is 270. The molecule has 0 aromatic heterocycles. The molecule has 788 valence electrons. The molecule has 4 rings (SSSR count). The minimum absolute atomic E-state index is 0.0236. The van der Waals surface area contributed by atoms with Crippen LogP contribution in [0.3, 0.4) is 0 Å². The van der Waals surface area contributed by atoms with Gasteiger partial charge in [0.05, 0.1) is 6.04 Å². The summed E-state index contributed by atoms with van der Waals surface area (Å²) in [4.78, 5) is 31.9. The zero-order valence-corrected chi connectivity index (χ0v) is 144. The van der Waals surface area contributed by atoms with Gasteiger partial charge in [-0.1, -0.05) is 81.4 Å². The van der Waals surface area contributed by atoms with Gasteiger partial charge in [-0.05, 0) is 35.3 Å². The molecule has 2 fully saturated rings. The van der Waals surface area contributed by atoms with E-state index in [9.17, 15) is 9.59 Å². The van der Waals surface area contributed by atoms with Crippen molar-refractivity contribution in [3.05, 3.63) is 71.8 Å². The van der Waals surface area contributed by atoms with Crippen molar-refractivity contribution in [3.8, 4) is 0 Å². The van der Waals surface area contributed by atoms with Crippen LogP contribution < -0.4 is 0 Å². The van der Waals surface area contributed by atoms with Crippen LogP contribution in [0, 0.1) is 11.3 Å². The molecule has 0 radical (unpaired) electrons. The monoisotopic (exact) mass is 3670 g/mol. The van der Waals surface area contributed by atoms with E-state index in [1.165, 1.54) is 28.9 Å². The first kappa shape index (κ1) is 148. The summed E-state index contributed by atoms with van der Waals surface area (Å²) in [5.41, 5.74) is 2.57. The van der Waals surface area contributed by atoms with E-state index in [-0.39, 0.29) is 29.3 Å². The number of likely N-dealkylation sites (tertiary alicyclic amines) is 1. The van der Waals surface area contributed by atoms with Crippen LogP contribution in [0.5, 0.6) is 0 Å². The van der Waals surface area contributed by atoms with E-state index in [4.69, 9.17) is 22.4 Å². The minimum atomic E-state index is -0.0236. The van der Waals surface area contributed by atoms with Gasteiger partial charge in [0.2, 0.25) is 11.8 Å². The van der Waals surface area contributed by atoms with Gasteiger partial charge in [0, 0.05) is 945 Å². The zero-order chi connectivity index (χ0) is 96.3. The molecule has 0 unspecified atom stereocenters. The van der Waals surface area contributed by atoms with Gasteiger partial charge in [-0.25, -0.2) is 0 Å². The molecule has 0 N–H and O–H groups in total. The summed E-state index contributed by atoms with van der Waals surface area (Å²) >= 11 is 9.66. The lowest BCUT2D eigenvalue weighted by Crippen LogP contribution is -2.60. The van der Waals surface area contributed by atoms with Crippen LogP contribution in [-0.4, -0.2) is 65.3 Å². The van der Waals surface area contributed by atoms with Gasteiger partial charge in [-0.15, -0.1) is 0 Å². The standard InChI is InChI=1S/C30H41N3O2.S100/c1-23(34)31-17-15-24(16-18-31)21-28(35)33-20-19-32(22-27(33)30(2,3)4)29(25-11-7-5-8-12-25)26-13-9-6-10-14-26;1-3-5-7-9-11-13-15-17-19-21-23-25-27-29-31-33-35-37-39-41-43-45-47-49-51-53-55-57-59-61-63-65-67-69-71-73-75-77-79-81-83-85-87-89-91-93-95-97-99-100-98-96-94-92-90-88-86-84-82-80-78-76-74-72-70-68-66-64-62-60-58-56-54-52-50-48-46-44-42-40-38-36-34-32-30-28-26-24-22-20-18-16-14-12-10-8-6-4-2/h5-14,24,27,29H,15-22H2,1-4H3;/t27-;/m1./s1. The topological polar surface area (TPSA) is 43.9 Å².